The predicted molar refractivity (Wildman–Crippen MR) is 82.7 cm³/mol. The summed E-state index contributed by atoms with van der Waals surface area (Å²) in [4.78, 5) is 0. The number of rotatable bonds is 3. The van der Waals surface area contributed by atoms with Crippen LogP contribution in [0.2, 0.25) is 0 Å². The van der Waals surface area contributed by atoms with Crippen molar-refractivity contribution >= 4 is 5.69 Å². The molecule has 0 fully saturated rings. The summed E-state index contributed by atoms with van der Waals surface area (Å²) < 4.78 is 1.79. The molecule has 2 aromatic carbocycles. The van der Waals surface area contributed by atoms with Gasteiger partial charge in [0, 0.05) is 11.3 Å². The van der Waals surface area contributed by atoms with Crippen LogP contribution in [0.25, 0.3) is 11.4 Å². The van der Waals surface area contributed by atoms with Crippen molar-refractivity contribution in [3.05, 3.63) is 59.2 Å². The van der Waals surface area contributed by atoms with E-state index in [0.29, 0.717) is 18.1 Å². The van der Waals surface area contributed by atoms with Gasteiger partial charge in [-0.3, -0.25) is 0 Å². The van der Waals surface area contributed by atoms with Crippen LogP contribution in [-0.2, 0) is 6.54 Å². The van der Waals surface area contributed by atoms with Crippen LogP contribution in [0.4, 0.5) is 5.69 Å². The third kappa shape index (κ3) is 2.63. The molecule has 3 aromatic rings. The lowest BCUT2D eigenvalue weighted by atomic mass is 10.1. The maximum Gasteiger partial charge on any atom is 0.184 e. The predicted octanol–water partition coefficient (Wildman–Crippen LogP) is 2.59. The first-order valence-corrected chi connectivity index (χ1v) is 6.82. The Balaban J connectivity index is 2.02. The minimum absolute atomic E-state index is 0.623. The lowest BCUT2D eigenvalue weighted by Gasteiger charge is -2.10. The summed E-state index contributed by atoms with van der Waals surface area (Å²) in [6, 6.07) is 14.1. The highest BCUT2D eigenvalue weighted by Crippen LogP contribution is 2.27. The van der Waals surface area contributed by atoms with Gasteiger partial charge in [-0.1, -0.05) is 42.0 Å². The average molecular weight is 279 g/mol. The van der Waals surface area contributed by atoms with E-state index in [2.05, 4.69) is 40.6 Å². The van der Waals surface area contributed by atoms with Crippen molar-refractivity contribution in [1.29, 1.82) is 0 Å². The van der Waals surface area contributed by atoms with Crippen LogP contribution in [0.5, 0.6) is 0 Å². The Hall–Kier alpha value is -2.69. The number of benzene rings is 2. The van der Waals surface area contributed by atoms with E-state index in [9.17, 15) is 0 Å². The summed E-state index contributed by atoms with van der Waals surface area (Å²) in [6.45, 7) is 4.71. The van der Waals surface area contributed by atoms with E-state index in [0.717, 1.165) is 16.7 Å². The van der Waals surface area contributed by atoms with Crippen molar-refractivity contribution in [2.75, 3.05) is 5.73 Å². The summed E-state index contributed by atoms with van der Waals surface area (Å²) in [5.74, 6) is 0.701. The Kier molecular flexibility index (Phi) is 3.39. The maximum absolute atomic E-state index is 6.09. The van der Waals surface area contributed by atoms with Crippen molar-refractivity contribution in [3.8, 4) is 11.4 Å². The van der Waals surface area contributed by atoms with Crippen LogP contribution in [0, 0.1) is 13.8 Å². The van der Waals surface area contributed by atoms with Gasteiger partial charge in [0.05, 0.1) is 6.54 Å². The standard InChI is InChI=1S/C16H17N5/c1-11-5-3-7-13(9-11)10-21-16(18-19-20-21)15-12(2)6-4-8-14(15)17/h3-9H,10,17H2,1-2H3. The molecule has 0 aliphatic rings. The molecule has 1 aromatic heterocycles. The summed E-state index contributed by atoms with van der Waals surface area (Å²) >= 11 is 0. The van der Waals surface area contributed by atoms with Gasteiger partial charge in [0.1, 0.15) is 0 Å². The highest BCUT2D eigenvalue weighted by atomic mass is 15.5. The fourth-order valence-corrected chi connectivity index (χ4v) is 2.47. The molecule has 0 saturated carbocycles. The van der Waals surface area contributed by atoms with E-state index in [-0.39, 0.29) is 0 Å². The number of nitrogen functional groups attached to an aromatic ring is 1. The van der Waals surface area contributed by atoms with Gasteiger partial charge < -0.3 is 5.73 Å². The molecule has 0 atom stereocenters. The van der Waals surface area contributed by atoms with Crippen LogP contribution in [0.15, 0.2) is 42.5 Å². The van der Waals surface area contributed by atoms with E-state index in [1.807, 2.05) is 31.2 Å². The highest BCUT2D eigenvalue weighted by molar-refractivity contribution is 5.74. The quantitative estimate of drug-likeness (QED) is 0.748. The Morgan fingerprint density at radius 2 is 1.90 bits per heavy atom. The SMILES string of the molecule is Cc1cccc(Cn2nnnc2-c2c(C)cccc2N)c1. The molecule has 0 aliphatic heterocycles. The largest absolute Gasteiger partial charge is 0.398 e. The Labute approximate surface area is 123 Å². The number of nitrogens with two attached hydrogens (primary N) is 1. The molecule has 0 radical (unpaired) electrons. The maximum atomic E-state index is 6.09. The molecule has 2 N–H and O–H groups in total. The van der Waals surface area contributed by atoms with Crippen molar-refractivity contribution < 1.29 is 0 Å². The van der Waals surface area contributed by atoms with Gasteiger partial charge in [-0.15, -0.1) is 5.10 Å². The topological polar surface area (TPSA) is 69.6 Å². The van der Waals surface area contributed by atoms with Gasteiger partial charge in [0.15, 0.2) is 5.82 Å². The minimum Gasteiger partial charge on any atom is -0.398 e. The number of anilines is 1. The molecule has 0 unspecified atom stereocenters. The van der Waals surface area contributed by atoms with Gasteiger partial charge in [0.2, 0.25) is 0 Å². The third-order valence-corrected chi connectivity index (χ3v) is 3.48. The second-order valence-electron chi connectivity index (χ2n) is 5.19. The van der Waals surface area contributed by atoms with Crippen LogP contribution >= 0.6 is 0 Å². The molecule has 5 heteroatoms. The third-order valence-electron chi connectivity index (χ3n) is 3.48. The Morgan fingerprint density at radius 3 is 2.67 bits per heavy atom. The van der Waals surface area contributed by atoms with E-state index in [1.165, 1.54) is 5.56 Å². The van der Waals surface area contributed by atoms with Crippen LogP contribution in [-0.4, -0.2) is 20.2 Å². The second kappa shape index (κ2) is 5.36. The number of tetrazole rings is 1. The van der Waals surface area contributed by atoms with Gasteiger partial charge in [-0.05, 0) is 41.5 Å². The fourth-order valence-electron chi connectivity index (χ4n) is 2.47. The first-order valence-electron chi connectivity index (χ1n) is 6.82. The number of nitrogens with zero attached hydrogens (tertiary/aromatic N) is 4. The normalized spacial score (nSPS) is 10.8. The van der Waals surface area contributed by atoms with Gasteiger partial charge in [-0.2, -0.15) is 0 Å². The molecular weight excluding hydrogens is 262 g/mol. The Morgan fingerprint density at radius 1 is 1.10 bits per heavy atom. The smallest absolute Gasteiger partial charge is 0.184 e. The van der Waals surface area contributed by atoms with Gasteiger partial charge >= 0.3 is 0 Å². The molecule has 0 bridgehead atoms. The van der Waals surface area contributed by atoms with E-state index in [4.69, 9.17) is 5.73 Å². The van der Waals surface area contributed by atoms with E-state index in [1.54, 1.807) is 4.68 Å². The van der Waals surface area contributed by atoms with Crippen LogP contribution in [0.1, 0.15) is 16.7 Å². The molecule has 0 aliphatic carbocycles. The zero-order chi connectivity index (χ0) is 14.8. The average Bonchev–Trinajstić information content (AvgIpc) is 2.87. The number of hydrogen-bond acceptors (Lipinski definition) is 4. The molecule has 5 nitrogen and oxygen atoms in total. The molecule has 106 valence electrons. The zero-order valence-corrected chi connectivity index (χ0v) is 12.1. The van der Waals surface area contributed by atoms with Crippen LogP contribution in [0.3, 0.4) is 0 Å². The minimum atomic E-state index is 0.623. The second-order valence-corrected chi connectivity index (χ2v) is 5.19. The van der Waals surface area contributed by atoms with E-state index < -0.39 is 0 Å². The van der Waals surface area contributed by atoms with Crippen molar-refractivity contribution in [3.63, 3.8) is 0 Å². The molecule has 21 heavy (non-hydrogen) atoms. The lowest BCUT2D eigenvalue weighted by molar-refractivity contribution is 0.653. The van der Waals surface area contributed by atoms with E-state index >= 15 is 0 Å². The van der Waals surface area contributed by atoms with Gasteiger partial charge in [0.25, 0.3) is 0 Å². The molecule has 0 spiro atoms. The number of aromatic nitrogens is 4. The summed E-state index contributed by atoms with van der Waals surface area (Å²) in [6.07, 6.45) is 0. The summed E-state index contributed by atoms with van der Waals surface area (Å²) in [7, 11) is 0. The van der Waals surface area contributed by atoms with Crippen molar-refractivity contribution in [2.45, 2.75) is 20.4 Å². The lowest BCUT2D eigenvalue weighted by Crippen LogP contribution is -2.06. The molecule has 3 rings (SSSR count). The first-order chi connectivity index (χ1) is 10.1. The van der Waals surface area contributed by atoms with Crippen LogP contribution < -0.4 is 5.73 Å². The molecule has 0 saturated heterocycles. The number of hydrogen-bond donors (Lipinski definition) is 1. The summed E-state index contributed by atoms with van der Waals surface area (Å²) in [5.41, 5.74) is 11.1. The fraction of sp³-hybridized carbons (Fsp3) is 0.188. The first kappa shape index (κ1) is 13.3. The number of aryl methyl sites for hydroxylation is 2. The summed E-state index contributed by atoms with van der Waals surface area (Å²) in [5, 5.41) is 12.1. The molecular formula is C16H17N5. The highest BCUT2D eigenvalue weighted by Gasteiger charge is 2.14. The zero-order valence-electron chi connectivity index (χ0n) is 12.1. The van der Waals surface area contributed by atoms with Gasteiger partial charge in [-0.25, -0.2) is 4.68 Å². The molecule has 0 amide bonds. The monoisotopic (exact) mass is 279 g/mol. The molecule has 1 heterocycles. The van der Waals surface area contributed by atoms with Crippen molar-refractivity contribution in [1.82, 2.24) is 20.2 Å². The van der Waals surface area contributed by atoms with Crippen molar-refractivity contribution in [2.24, 2.45) is 0 Å². The Bertz CT molecular complexity index is 756.